The maximum atomic E-state index is 13.1. The normalized spacial score (nSPS) is 15.0. The standard InChI is InChI=1S/C21H25N5O4S/c1-14-5-7-16(8-6-14)31(28,29)26-10-9-17-18(22-13-23-19(17)26)24-15-11-25(12-15)20(27)30-21(2,3)4/h5-10,13,15H,11-12H2,1-4H3,(H,22,23,24). The highest BCUT2D eigenvalue weighted by atomic mass is 32.2. The lowest BCUT2D eigenvalue weighted by Crippen LogP contribution is -2.58. The summed E-state index contributed by atoms with van der Waals surface area (Å²) >= 11 is 0. The van der Waals surface area contributed by atoms with Gasteiger partial charge in [-0.3, -0.25) is 0 Å². The number of hydrogen-bond donors (Lipinski definition) is 1. The quantitative estimate of drug-likeness (QED) is 0.661. The molecule has 0 saturated carbocycles. The SMILES string of the molecule is Cc1ccc(S(=O)(=O)n2ccc3c(NC4CN(C(=O)OC(C)(C)C)C4)ncnc32)cc1. The van der Waals surface area contributed by atoms with Gasteiger partial charge in [0, 0.05) is 19.3 Å². The molecule has 0 radical (unpaired) electrons. The Morgan fingerprint density at radius 2 is 1.81 bits per heavy atom. The van der Waals surface area contributed by atoms with Gasteiger partial charge in [-0.2, -0.15) is 0 Å². The maximum absolute atomic E-state index is 13.1. The van der Waals surface area contributed by atoms with Crippen LogP contribution in [0, 0.1) is 6.92 Å². The van der Waals surface area contributed by atoms with Gasteiger partial charge in [0.25, 0.3) is 10.0 Å². The molecule has 1 N–H and O–H groups in total. The van der Waals surface area contributed by atoms with Crippen molar-refractivity contribution in [2.75, 3.05) is 18.4 Å². The van der Waals surface area contributed by atoms with Gasteiger partial charge in [0.2, 0.25) is 0 Å². The molecule has 1 fully saturated rings. The monoisotopic (exact) mass is 443 g/mol. The molecule has 3 heterocycles. The third-order valence-electron chi connectivity index (χ3n) is 4.90. The molecule has 1 aromatic carbocycles. The number of anilines is 1. The summed E-state index contributed by atoms with van der Waals surface area (Å²) in [5.74, 6) is 0.525. The molecule has 2 aromatic heterocycles. The molecule has 0 bridgehead atoms. The lowest BCUT2D eigenvalue weighted by molar-refractivity contribution is 0.0105. The van der Waals surface area contributed by atoms with Gasteiger partial charge >= 0.3 is 6.09 Å². The van der Waals surface area contributed by atoms with Crippen LogP contribution in [0.3, 0.4) is 0 Å². The Bertz CT molecular complexity index is 1220. The molecule has 31 heavy (non-hydrogen) atoms. The minimum atomic E-state index is -3.78. The zero-order chi connectivity index (χ0) is 22.4. The molecule has 0 aliphatic carbocycles. The molecule has 1 saturated heterocycles. The second-order valence-electron chi connectivity index (χ2n) is 8.62. The molecular formula is C21H25N5O4S. The summed E-state index contributed by atoms with van der Waals surface area (Å²) in [7, 11) is -3.78. The first kappa shape index (κ1) is 21.1. The molecule has 10 heteroatoms. The number of carbonyl (C=O) groups excluding carboxylic acids is 1. The third kappa shape index (κ3) is 4.20. The topological polar surface area (TPSA) is 106 Å². The van der Waals surface area contributed by atoms with E-state index in [2.05, 4.69) is 15.3 Å². The van der Waals surface area contributed by atoms with Gasteiger partial charge in [-0.25, -0.2) is 27.2 Å². The van der Waals surface area contributed by atoms with E-state index in [9.17, 15) is 13.2 Å². The van der Waals surface area contributed by atoms with Crippen molar-refractivity contribution >= 4 is 33.0 Å². The second-order valence-corrected chi connectivity index (χ2v) is 10.4. The van der Waals surface area contributed by atoms with E-state index in [0.29, 0.717) is 29.9 Å². The molecule has 0 spiro atoms. The highest BCUT2D eigenvalue weighted by Gasteiger charge is 2.34. The zero-order valence-corrected chi connectivity index (χ0v) is 18.7. The van der Waals surface area contributed by atoms with Gasteiger partial charge in [0.05, 0.1) is 16.3 Å². The third-order valence-corrected chi connectivity index (χ3v) is 6.58. The Morgan fingerprint density at radius 1 is 1.13 bits per heavy atom. The summed E-state index contributed by atoms with van der Waals surface area (Å²) in [5.41, 5.74) is 0.729. The molecule has 9 nitrogen and oxygen atoms in total. The predicted octanol–water partition coefficient (Wildman–Crippen LogP) is 3.01. The van der Waals surface area contributed by atoms with Gasteiger partial charge in [-0.05, 0) is 45.9 Å². The molecule has 3 aromatic rings. The summed E-state index contributed by atoms with van der Waals surface area (Å²) < 4.78 is 32.7. The van der Waals surface area contributed by atoms with Crippen LogP contribution in [0.25, 0.3) is 11.0 Å². The molecule has 1 aliphatic rings. The minimum Gasteiger partial charge on any atom is -0.444 e. The van der Waals surface area contributed by atoms with Crippen LogP contribution >= 0.6 is 0 Å². The van der Waals surface area contributed by atoms with Gasteiger partial charge in [-0.1, -0.05) is 17.7 Å². The largest absolute Gasteiger partial charge is 0.444 e. The molecule has 0 unspecified atom stereocenters. The second kappa shape index (κ2) is 7.52. The number of rotatable bonds is 4. The maximum Gasteiger partial charge on any atom is 0.410 e. The number of carbonyl (C=O) groups is 1. The van der Waals surface area contributed by atoms with Gasteiger partial charge in [0.15, 0.2) is 5.65 Å². The fourth-order valence-corrected chi connectivity index (χ4v) is 4.60. The van der Waals surface area contributed by atoms with Crippen LogP contribution in [-0.4, -0.2) is 58.1 Å². The van der Waals surface area contributed by atoms with E-state index in [-0.39, 0.29) is 17.0 Å². The van der Waals surface area contributed by atoms with Crippen molar-refractivity contribution in [1.29, 1.82) is 0 Å². The van der Waals surface area contributed by atoms with E-state index >= 15 is 0 Å². The molecular weight excluding hydrogens is 418 g/mol. The van der Waals surface area contributed by atoms with E-state index in [0.717, 1.165) is 9.54 Å². The number of nitrogens with zero attached hydrogens (tertiary/aromatic N) is 4. The van der Waals surface area contributed by atoms with Crippen LogP contribution < -0.4 is 5.32 Å². The number of amides is 1. The number of hydrogen-bond acceptors (Lipinski definition) is 7. The van der Waals surface area contributed by atoms with Crippen LogP contribution in [0.15, 0.2) is 47.8 Å². The van der Waals surface area contributed by atoms with E-state index < -0.39 is 15.6 Å². The van der Waals surface area contributed by atoms with Crippen LogP contribution in [0.4, 0.5) is 10.6 Å². The number of fused-ring (bicyclic) bond motifs is 1. The molecule has 4 rings (SSSR count). The minimum absolute atomic E-state index is 0.0114. The van der Waals surface area contributed by atoms with Gasteiger partial charge < -0.3 is 15.0 Å². The van der Waals surface area contributed by atoms with E-state index in [1.165, 1.54) is 12.5 Å². The van der Waals surface area contributed by atoms with Crippen molar-refractivity contribution in [1.82, 2.24) is 18.8 Å². The highest BCUT2D eigenvalue weighted by molar-refractivity contribution is 7.90. The molecule has 0 atom stereocenters. The number of nitrogens with one attached hydrogen (secondary N) is 1. The number of aromatic nitrogens is 3. The first-order valence-electron chi connectivity index (χ1n) is 9.93. The van der Waals surface area contributed by atoms with E-state index in [4.69, 9.17) is 4.74 Å². The number of benzene rings is 1. The summed E-state index contributed by atoms with van der Waals surface area (Å²) in [6.45, 7) is 8.33. The summed E-state index contributed by atoms with van der Waals surface area (Å²) in [5, 5.41) is 3.86. The Morgan fingerprint density at radius 3 is 2.45 bits per heavy atom. The molecule has 1 aliphatic heterocycles. The van der Waals surface area contributed by atoms with Crippen molar-refractivity contribution in [3.63, 3.8) is 0 Å². The fourth-order valence-electron chi connectivity index (χ4n) is 3.30. The molecule has 164 valence electrons. The molecule has 1 amide bonds. The van der Waals surface area contributed by atoms with Crippen LogP contribution in [0.2, 0.25) is 0 Å². The lowest BCUT2D eigenvalue weighted by Gasteiger charge is -2.40. The van der Waals surface area contributed by atoms with E-state index in [1.54, 1.807) is 35.2 Å². The zero-order valence-electron chi connectivity index (χ0n) is 17.9. The fraction of sp³-hybridized carbons (Fsp3) is 0.381. The summed E-state index contributed by atoms with van der Waals surface area (Å²) in [4.78, 5) is 22.4. The Kier molecular flexibility index (Phi) is 5.12. The summed E-state index contributed by atoms with van der Waals surface area (Å²) in [6, 6.07) is 8.34. The van der Waals surface area contributed by atoms with Crippen LogP contribution in [-0.2, 0) is 14.8 Å². The number of aryl methyl sites for hydroxylation is 1. The lowest BCUT2D eigenvalue weighted by atomic mass is 10.1. The van der Waals surface area contributed by atoms with Gasteiger partial charge in [-0.15, -0.1) is 0 Å². The van der Waals surface area contributed by atoms with Crippen molar-refractivity contribution in [2.24, 2.45) is 0 Å². The van der Waals surface area contributed by atoms with E-state index in [1.807, 2.05) is 27.7 Å². The smallest absolute Gasteiger partial charge is 0.410 e. The highest BCUT2D eigenvalue weighted by Crippen LogP contribution is 2.26. The van der Waals surface area contributed by atoms with Crippen LogP contribution in [0.5, 0.6) is 0 Å². The Balaban J connectivity index is 1.53. The number of likely N-dealkylation sites (tertiary alicyclic amines) is 1. The first-order chi connectivity index (χ1) is 14.5. The van der Waals surface area contributed by atoms with Crippen molar-refractivity contribution in [3.05, 3.63) is 48.4 Å². The van der Waals surface area contributed by atoms with Crippen molar-refractivity contribution < 1.29 is 17.9 Å². The first-order valence-corrected chi connectivity index (χ1v) is 11.4. The van der Waals surface area contributed by atoms with Gasteiger partial charge in [0.1, 0.15) is 17.7 Å². The Labute approximate surface area is 181 Å². The van der Waals surface area contributed by atoms with Crippen molar-refractivity contribution in [3.8, 4) is 0 Å². The summed E-state index contributed by atoms with van der Waals surface area (Å²) in [6.07, 6.45) is 2.46. The van der Waals surface area contributed by atoms with Crippen LogP contribution in [0.1, 0.15) is 26.3 Å². The predicted molar refractivity (Wildman–Crippen MR) is 117 cm³/mol. The average molecular weight is 444 g/mol. The average Bonchev–Trinajstić information content (AvgIpc) is 3.09. The van der Waals surface area contributed by atoms with Crippen molar-refractivity contribution in [2.45, 2.75) is 44.2 Å². The number of ether oxygens (including phenoxy) is 1. The Hall–Kier alpha value is -3.14.